The maximum absolute atomic E-state index is 14.8. The number of aromatic nitrogens is 5. The predicted octanol–water partition coefficient (Wildman–Crippen LogP) is 8.59. The number of methoxy groups -OCH3 is 2. The molecule has 0 atom stereocenters. The van der Waals surface area contributed by atoms with E-state index in [2.05, 4.69) is 30.3 Å². The van der Waals surface area contributed by atoms with Crippen molar-refractivity contribution < 1.29 is 27.3 Å². The summed E-state index contributed by atoms with van der Waals surface area (Å²) in [6.45, 7) is 3.30. The Bertz CT molecular complexity index is 2890. The van der Waals surface area contributed by atoms with E-state index in [0.717, 1.165) is 5.56 Å². The SMILES string of the molecule is COc1ccc(C(NS(=O)(=O)c2ccc(-c3c(-c4ccccc4)noc3-c3n[nH]nc3Cc3ncc(C)c([N+](=O)[O-])c3C)cc2)(c2ccccc2)c2ccc(OC)cc2)cc1. The second-order valence-electron chi connectivity index (χ2n) is 14.2. The number of H-pyrrole nitrogens is 1. The van der Waals surface area contributed by atoms with Gasteiger partial charge in [0.05, 0.1) is 41.0 Å². The summed E-state index contributed by atoms with van der Waals surface area (Å²) < 4.78 is 49.7. The number of ether oxygens (including phenoxy) is 2. The molecule has 0 unspecified atom stereocenters. The summed E-state index contributed by atoms with van der Waals surface area (Å²) in [5.41, 5.74) is 4.99. The van der Waals surface area contributed by atoms with Gasteiger partial charge in [-0.2, -0.15) is 20.1 Å². The van der Waals surface area contributed by atoms with E-state index in [9.17, 15) is 18.5 Å². The number of benzene rings is 5. The Kier molecular flexibility index (Phi) is 11.0. The van der Waals surface area contributed by atoms with Gasteiger partial charge in [0.2, 0.25) is 10.0 Å². The molecule has 8 rings (SSSR count). The van der Waals surface area contributed by atoms with Crippen molar-refractivity contribution >= 4 is 15.7 Å². The standard InChI is InChI=1S/C46H39N7O7S/c1-29-28-47-39(30(2)44(29)53(54)55)27-40-43(49-52-48-40)45-41(42(50-60-45)32-11-7-5-8-12-32)31-15-25-38(26-16-31)61(56,57)51-46(33-13-9-6-10-14-33,34-17-21-36(58-3)22-18-34)35-19-23-37(59-4)24-20-35/h5-26,28,51H,27H2,1-4H3,(H,48,49,52). The molecule has 0 aliphatic heterocycles. The zero-order chi connectivity index (χ0) is 42.7. The van der Waals surface area contributed by atoms with Crippen molar-refractivity contribution in [3.05, 3.63) is 189 Å². The van der Waals surface area contributed by atoms with E-state index >= 15 is 0 Å². The number of rotatable bonds is 14. The first-order valence-corrected chi connectivity index (χ1v) is 20.6. The molecule has 0 saturated heterocycles. The zero-order valence-electron chi connectivity index (χ0n) is 33.5. The van der Waals surface area contributed by atoms with Crippen LogP contribution in [0.2, 0.25) is 0 Å². The minimum absolute atomic E-state index is 0.00230. The Morgan fingerprint density at radius 3 is 1.87 bits per heavy atom. The quantitative estimate of drug-likeness (QED) is 0.0607. The molecule has 5 aromatic carbocycles. The summed E-state index contributed by atoms with van der Waals surface area (Å²) in [4.78, 5) is 16.0. The van der Waals surface area contributed by atoms with Crippen LogP contribution >= 0.6 is 0 Å². The van der Waals surface area contributed by atoms with E-state index in [1.54, 1.807) is 64.5 Å². The van der Waals surface area contributed by atoms with Gasteiger partial charge < -0.3 is 14.0 Å². The lowest BCUT2D eigenvalue weighted by Gasteiger charge is -2.36. The summed E-state index contributed by atoms with van der Waals surface area (Å²) >= 11 is 0. The van der Waals surface area contributed by atoms with E-state index in [4.69, 9.17) is 14.0 Å². The van der Waals surface area contributed by atoms with Crippen LogP contribution < -0.4 is 14.2 Å². The van der Waals surface area contributed by atoms with Crippen molar-refractivity contribution in [1.29, 1.82) is 0 Å². The molecular formula is C46H39N7O7S. The van der Waals surface area contributed by atoms with Gasteiger partial charge in [-0.25, -0.2) is 8.42 Å². The summed E-state index contributed by atoms with van der Waals surface area (Å²) in [7, 11) is -1.14. The van der Waals surface area contributed by atoms with Gasteiger partial charge in [0.25, 0.3) is 5.69 Å². The topological polar surface area (TPSA) is 188 Å². The summed E-state index contributed by atoms with van der Waals surface area (Å²) in [6.07, 6.45) is 1.57. The van der Waals surface area contributed by atoms with Crippen LogP contribution in [0.3, 0.4) is 0 Å². The van der Waals surface area contributed by atoms with Gasteiger partial charge in [-0.1, -0.05) is 102 Å². The van der Waals surface area contributed by atoms with Gasteiger partial charge in [0, 0.05) is 29.3 Å². The second kappa shape index (κ2) is 16.6. The van der Waals surface area contributed by atoms with Crippen LogP contribution in [0.4, 0.5) is 5.69 Å². The molecule has 3 heterocycles. The molecular weight excluding hydrogens is 795 g/mol. The minimum atomic E-state index is -4.29. The molecule has 3 aromatic heterocycles. The number of aryl methyl sites for hydroxylation is 1. The summed E-state index contributed by atoms with van der Waals surface area (Å²) in [5, 5.41) is 27.8. The third-order valence-electron chi connectivity index (χ3n) is 10.7. The van der Waals surface area contributed by atoms with Gasteiger partial charge in [0.1, 0.15) is 22.7 Å². The van der Waals surface area contributed by atoms with E-state index in [1.807, 2.05) is 84.9 Å². The lowest BCUT2D eigenvalue weighted by atomic mass is 9.78. The average molecular weight is 834 g/mol. The largest absolute Gasteiger partial charge is 0.497 e. The van der Waals surface area contributed by atoms with Crippen molar-refractivity contribution in [2.45, 2.75) is 30.7 Å². The van der Waals surface area contributed by atoms with Gasteiger partial charge in [-0.3, -0.25) is 15.1 Å². The van der Waals surface area contributed by atoms with Crippen LogP contribution in [0.15, 0.2) is 149 Å². The van der Waals surface area contributed by atoms with E-state index < -0.39 is 20.5 Å². The van der Waals surface area contributed by atoms with Crippen molar-refractivity contribution in [3.8, 4) is 45.3 Å². The van der Waals surface area contributed by atoms with E-state index in [-0.39, 0.29) is 22.8 Å². The van der Waals surface area contributed by atoms with Gasteiger partial charge in [-0.15, -0.1) is 0 Å². The minimum Gasteiger partial charge on any atom is -0.497 e. The second-order valence-corrected chi connectivity index (χ2v) is 15.9. The molecule has 0 aliphatic rings. The van der Waals surface area contributed by atoms with Crippen LogP contribution in [0.25, 0.3) is 33.8 Å². The molecule has 14 nitrogen and oxygen atoms in total. The fraction of sp³-hybridized carbons (Fsp3) is 0.130. The first-order chi connectivity index (χ1) is 29.5. The van der Waals surface area contributed by atoms with Gasteiger partial charge in [-0.05, 0) is 72.5 Å². The summed E-state index contributed by atoms with van der Waals surface area (Å²) in [6, 6.07) is 39.8. The number of hydrogen-bond donors (Lipinski definition) is 2. The Hall–Kier alpha value is -7.49. The van der Waals surface area contributed by atoms with Gasteiger partial charge >= 0.3 is 0 Å². The predicted molar refractivity (Wildman–Crippen MR) is 229 cm³/mol. The molecule has 2 N–H and O–H groups in total. The molecule has 0 bridgehead atoms. The fourth-order valence-electron chi connectivity index (χ4n) is 7.56. The normalized spacial score (nSPS) is 11.7. The smallest absolute Gasteiger partial charge is 0.278 e. The lowest BCUT2D eigenvalue weighted by molar-refractivity contribution is -0.386. The molecule has 0 saturated carbocycles. The number of nitrogens with one attached hydrogen (secondary N) is 2. The van der Waals surface area contributed by atoms with Crippen molar-refractivity contribution in [3.63, 3.8) is 0 Å². The molecule has 8 aromatic rings. The van der Waals surface area contributed by atoms with E-state index in [0.29, 0.717) is 73.2 Å². The monoisotopic (exact) mass is 833 g/mol. The molecule has 306 valence electrons. The number of nitrogens with zero attached hydrogens (tertiary/aromatic N) is 5. The third-order valence-corrected chi connectivity index (χ3v) is 12.1. The maximum Gasteiger partial charge on any atom is 0.278 e. The third kappa shape index (κ3) is 7.63. The van der Waals surface area contributed by atoms with Crippen LogP contribution in [0.5, 0.6) is 11.5 Å². The van der Waals surface area contributed by atoms with Crippen LogP contribution in [0.1, 0.15) is 39.2 Å². The zero-order valence-corrected chi connectivity index (χ0v) is 34.3. The highest BCUT2D eigenvalue weighted by molar-refractivity contribution is 7.89. The Morgan fingerprint density at radius 1 is 0.721 bits per heavy atom. The summed E-state index contributed by atoms with van der Waals surface area (Å²) in [5.74, 6) is 1.49. The van der Waals surface area contributed by atoms with E-state index in [1.165, 1.54) is 18.3 Å². The first-order valence-electron chi connectivity index (χ1n) is 19.1. The fourth-order valence-corrected chi connectivity index (χ4v) is 8.93. The molecule has 61 heavy (non-hydrogen) atoms. The number of nitro groups is 1. The molecule has 15 heteroatoms. The number of hydrogen-bond acceptors (Lipinski definition) is 11. The van der Waals surface area contributed by atoms with Gasteiger partial charge in [0.15, 0.2) is 11.5 Å². The highest BCUT2D eigenvalue weighted by Gasteiger charge is 2.41. The van der Waals surface area contributed by atoms with Crippen LogP contribution in [-0.4, -0.2) is 53.1 Å². The number of aromatic amines is 1. The Balaban J connectivity index is 1.22. The van der Waals surface area contributed by atoms with Crippen molar-refractivity contribution in [2.24, 2.45) is 0 Å². The first kappa shape index (κ1) is 40.3. The molecule has 0 aliphatic carbocycles. The lowest BCUT2D eigenvalue weighted by Crippen LogP contribution is -2.47. The maximum atomic E-state index is 14.8. The van der Waals surface area contributed by atoms with Crippen LogP contribution in [-0.2, 0) is 22.0 Å². The molecule has 0 fully saturated rings. The highest BCUT2D eigenvalue weighted by Crippen LogP contribution is 2.43. The molecule has 0 radical (unpaired) electrons. The van der Waals surface area contributed by atoms with Crippen molar-refractivity contribution in [2.75, 3.05) is 14.2 Å². The molecule has 0 spiro atoms. The molecule has 0 amide bonds. The van der Waals surface area contributed by atoms with Crippen LogP contribution in [0, 0.1) is 24.0 Å². The Labute approximate surface area is 351 Å². The number of sulfonamides is 1. The highest BCUT2D eigenvalue weighted by atomic mass is 32.2. The number of pyridine rings is 1. The average Bonchev–Trinajstić information content (AvgIpc) is 3.94. The Morgan fingerprint density at radius 2 is 1.30 bits per heavy atom. The van der Waals surface area contributed by atoms with Crippen molar-refractivity contribution in [1.82, 2.24) is 30.3 Å².